The van der Waals surface area contributed by atoms with Gasteiger partial charge in [0.15, 0.2) is 5.60 Å². The number of methoxy groups -OCH3 is 2. The minimum absolute atomic E-state index is 0.338. The van der Waals surface area contributed by atoms with E-state index in [1.165, 1.54) is 0 Å². The summed E-state index contributed by atoms with van der Waals surface area (Å²) in [6.45, 7) is 1.26. The van der Waals surface area contributed by atoms with E-state index in [4.69, 9.17) is 18.9 Å². The molecule has 1 unspecified atom stereocenters. The van der Waals surface area contributed by atoms with Gasteiger partial charge in [-0.3, -0.25) is 0 Å². The van der Waals surface area contributed by atoms with Gasteiger partial charge in [-0.1, -0.05) is 60.7 Å². The highest BCUT2D eigenvalue weighted by Crippen LogP contribution is 2.56. The lowest BCUT2D eigenvalue weighted by Gasteiger charge is -2.37. The summed E-state index contributed by atoms with van der Waals surface area (Å²) in [5.74, 6) is 2.59. The molecule has 1 atom stereocenters. The van der Waals surface area contributed by atoms with Gasteiger partial charge in [0.1, 0.15) is 23.0 Å². The normalized spacial score (nSPS) is 16.1. The molecule has 208 valence electrons. The van der Waals surface area contributed by atoms with Crippen LogP contribution in [0.5, 0.6) is 23.0 Å². The second-order valence-electron chi connectivity index (χ2n) is 10.5. The number of esters is 1. The lowest BCUT2D eigenvalue weighted by molar-refractivity contribution is 0.0224. The third-order valence-corrected chi connectivity index (χ3v) is 7.98. The molecule has 7 rings (SSSR count). The second-order valence-corrected chi connectivity index (χ2v) is 10.5. The zero-order chi connectivity index (χ0) is 28.7. The van der Waals surface area contributed by atoms with Gasteiger partial charge in [0.05, 0.1) is 19.8 Å². The number of benzene rings is 5. The van der Waals surface area contributed by atoms with Crippen molar-refractivity contribution >= 4 is 11.7 Å². The number of para-hydroxylation sites is 1. The minimum Gasteiger partial charge on any atom is -0.497 e. The number of hydrogen-bond acceptors (Lipinski definition) is 6. The van der Waals surface area contributed by atoms with Crippen molar-refractivity contribution in [2.24, 2.45) is 0 Å². The van der Waals surface area contributed by atoms with Crippen LogP contribution in [0.4, 0.5) is 5.69 Å². The Labute approximate surface area is 244 Å². The van der Waals surface area contributed by atoms with Gasteiger partial charge in [-0.15, -0.1) is 0 Å². The van der Waals surface area contributed by atoms with Crippen LogP contribution in [-0.2, 0) is 23.4 Å². The maximum absolute atomic E-state index is 13.2. The summed E-state index contributed by atoms with van der Waals surface area (Å²) >= 11 is 0. The lowest BCUT2D eigenvalue weighted by atomic mass is 9.77. The standard InChI is InChI=1S/C36H29NO5/c1-39-27-11-7-9-24(19-27)22-37(23-25-10-8-12-28(20-25)40-2)26-17-18-32-34(21-26)41-33-16-6-5-15-31(33)36(32)30-14-4-3-13-29(30)35(38)42-36/h3-21H,22-23H2,1-2H3. The summed E-state index contributed by atoms with van der Waals surface area (Å²) in [7, 11) is 3.35. The van der Waals surface area contributed by atoms with Gasteiger partial charge in [0, 0.05) is 41.5 Å². The minimum atomic E-state index is -1.08. The number of carbonyl (C=O) groups is 1. The summed E-state index contributed by atoms with van der Waals surface area (Å²) in [6.07, 6.45) is 0. The SMILES string of the molecule is COc1cccc(CN(Cc2cccc(OC)c2)c2ccc3c(c2)Oc2ccccc2C32OC(=O)c3ccccc32)c1. The average molecular weight is 556 g/mol. The second kappa shape index (κ2) is 10.3. The van der Waals surface area contributed by atoms with Gasteiger partial charge in [-0.25, -0.2) is 4.79 Å². The molecule has 0 saturated heterocycles. The van der Waals surface area contributed by atoms with Crippen molar-refractivity contribution in [2.45, 2.75) is 18.7 Å². The predicted molar refractivity (Wildman–Crippen MR) is 161 cm³/mol. The molecular weight excluding hydrogens is 526 g/mol. The molecule has 5 aromatic rings. The number of nitrogens with zero attached hydrogens (tertiary/aromatic N) is 1. The van der Waals surface area contributed by atoms with Crippen LogP contribution in [0, 0.1) is 0 Å². The molecule has 6 heteroatoms. The van der Waals surface area contributed by atoms with Crippen LogP contribution in [0.3, 0.4) is 0 Å². The van der Waals surface area contributed by atoms with Gasteiger partial charge < -0.3 is 23.8 Å². The summed E-state index contributed by atoms with van der Waals surface area (Å²) in [5.41, 5.74) is 5.10. The molecule has 0 aliphatic carbocycles. The molecule has 2 aliphatic rings. The third kappa shape index (κ3) is 4.23. The Kier molecular flexibility index (Phi) is 6.31. The predicted octanol–water partition coefficient (Wildman–Crippen LogP) is 7.48. The van der Waals surface area contributed by atoms with Crippen molar-refractivity contribution in [3.63, 3.8) is 0 Å². The molecule has 2 heterocycles. The van der Waals surface area contributed by atoms with Gasteiger partial charge in [-0.2, -0.15) is 0 Å². The van der Waals surface area contributed by atoms with Gasteiger partial charge in [0.25, 0.3) is 0 Å². The quantitative estimate of drug-likeness (QED) is 0.194. The molecule has 0 fully saturated rings. The molecule has 6 nitrogen and oxygen atoms in total. The fourth-order valence-electron chi connectivity index (χ4n) is 6.03. The van der Waals surface area contributed by atoms with E-state index in [1.807, 2.05) is 97.1 Å². The first-order valence-corrected chi connectivity index (χ1v) is 13.8. The van der Waals surface area contributed by atoms with Crippen LogP contribution in [0.15, 0.2) is 115 Å². The number of anilines is 1. The van der Waals surface area contributed by atoms with Gasteiger partial charge >= 0.3 is 5.97 Å². The van der Waals surface area contributed by atoms with Crippen LogP contribution in [0.1, 0.15) is 38.2 Å². The molecule has 0 aromatic heterocycles. The van der Waals surface area contributed by atoms with Crippen molar-refractivity contribution in [1.82, 2.24) is 0 Å². The molecule has 0 bridgehead atoms. The van der Waals surface area contributed by atoms with E-state index in [1.54, 1.807) is 14.2 Å². The average Bonchev–Trinajstić information content (AvgIpc) is 3.33. The molecule has 2 aliphatic heterocycles. The smallest absolute Gasteiger partial charge is 0.340 e. The highest BCUT2D eigenvalue weighted by molar-refractivity contribution is 5.97. The number of ether oxygens (including phenoxy) is 4. The van der Waals surface area contributed by atoms with E-state index in [0.29, 0.717) is 30.2 Å². The zero-order valence-corrected chi connectivity index (χ0v) is 23.4. The van der Waals surface area contributed by atoms with Crippen molar-refractivity contribution in [2.75, 3.05) is 19.1 Å². The van der Waals surface area contributed by atoms with E-state index in [9.17, 15) is 4.79 Å². The largest absolute Gasteiger partial charge is 0.497 e. The molecule has 0 radical (unpaired) electrons. The van der Waals surface area contributed by atoms with Crippen molar-refractivity contribution in [1.29, 1.82) is 0 Å². The fraction of sp³-hybridized carbons (Fsp3) is 0.139. The van der Waals surface area contributed by atoms with Crippen LogP contribution >= 0.6 is 0 Å². The Morgan fingerprint density at radius 2 is 1.26 bits per heavy atom. The number of fused-ring (bicyclic) bond motifs is 6. The first-order valence-electron chi connectivity index (χ1n) is 13.8. The first kappa shape index (κ1) is 25.7. The van der Waals surface area contributed by atoms with E-state index < -0.39 is 5.60 Å². The van der Waals surface area contributed by atoms with E-state index >= 15 is 0 Å². The Morgan fingerprint density at radius 1 is 0.643 bits per heavy atom. The maximum Gasteiger partial charge on any atom is 0.340 e. The summed E-state index contributed by atoms with van der Waals surface area (Å²) < 4.78 is 23.8. The van der Waals surface area contributed by atoms with Crippen LogP contribution in [0.25, 0.3) is 0 Å². The maximum atomic E-state index is 13.2. The summed E-state index contributed by atoms with van der Waals surface area (Å²) in [4.78, 5) is 15.4. The summed E-state index contributed by atoms with van der Waals surface area (Å²) in [6, 6.07) is 37.7. The highest BCUT2D eigenvalue weighted by Gasteiger charge is 2.53. The summed E-state index contributed by atoms with van der Waals surface area (Å²) in [5, 5.41) is 0. The Balaban J connectivity index is 1.35. The fourth-order valence-corrected chi connectivity index (χ4v) is 6.03. The van der Waals surface area contributed by atoms with Gasteiger partial charge in [0.2, 0.25) is 0 Å². The monoisotopic (exact) mass is 555 g/mol. The number of carbonyl (C=O) groups excluding carboxylic acids is 1. The van der Waals surface area contributed by atoms with Crippen LogP contribution < -0.4 is 19.1 Å². The van der Waals surface area contributed by atoms with E-state index in [2.05, 4.69) is 23.1 Å². The number of hydrogen-bond donors (Lipinski definition) is 0. The van der Waals surface area contributed by atoms with Crippen LogP contribution in [0.2, 0.25) is 0 Å². The Hall–Kier alpha value is -5.23. The van der Waals surface area contributed by atoms with Gasteiger partial charge in [-0.05, 0) is 59.7 Å². The topological polar surface area (TPSA) is 57.2 Å². The third-order valence-electron chi connectivity index (χ3n) is 7.98. The molecule has 0 saturated carbocycles. The molecule has 5 aromatic carbocycles. The molecular formula is C36H29NO5. The molecule has 1 spiro atoms. The molecule has 0 amide bonds. The van der Waals surface area contributed by atoms with Crippen molar-refractivity contribution in [3.8, 4) is 23.0 Å². The Bertz CT molecular complexity index is 1770. The Morgan fingerprint density at radius 3 is 1.95 bits per heavy atom. The number of rotatable bonds is 7. The lowest BCUT2D eigenvalue weighted by Crippen LogP contribution is -2.33. The van der Waals surface area contributed by atoms with E-state index in [0.717, 1.165) is 45.0 Å². The van der Waals surface area contributed by atoms with Crippen LogP contribution in [-0.4, -0.2) is 20.2 Å². The first-order chi connectivity index (χ1) is 20.6. The molecule has 42 heavy (non-hydrogen) atoms. The van der Waals surface area contributed by atoms with Crippen molar-refractivity contribution in [3.05, 3.63) is 149 Å². The molecule has 0 N–H and O–H groups in total. The van der Waals surface area contributed by atoms with Crippen molar-refractivity contribution < 1.29 is 23.7 Å². The zero-order valence-electron chi connectivity index (χ0n) is 23.4. The van der Waals surface area contributed by atoms with E-state index in [-0.39, 0.29) is 5.97 Å². The highest BCUT2D eigenvalue weighted by atomic mass is 16.6.